The van der Waals surface area contributed by atoms with Crippen molar-refractivity contribution in [3.8, 4) is 18.1 Å². The molecule has 0 aliphatic rings. The number of nitrogens with one attached hydrogen (secondary N) is 1. The number of carbonyl (C=O) groups is 1. The van der Waals surface area contributed by atoms with Gasteiger partial charge >= 0.3 is 0 Å². The Hall–Kier alpha value is -3.59. The van der Waals surface area contributed by atoms with Gasteiger partial charge in [-0.1, -0.05) is 24.1 Å². The summed E-state index contributed by atoms with van der Waals surface area (Å²) in [5.74, 6) is 2.85. The zero-order valence-corrected chi connectivity index (χ0v) is 14.2. The summed E-state index contributed by atoms with van der Waals surface area (Å²) in [5.41, 5.74) is 0.841. The van der Waals surface area contributed by atoms with E-state index in [0.29, 0.717) is 27.8 Å². The first-order chi connectivity index (χ1) is 12.6. The molecule has 0 unspecified atom stereocenters. The van der Waals surface area contributed by atoms with E-state index in [4.69, 9.17) is 11.2 Å². The first-order valence-corrected chi connectivity index (χ1v) is 7.98. The lowest BCUT2D eigenvalue weighted by molar-refractivity contribution is 0.0950. The fourth-order valence-electron chi connectivity index (χ4n) is 2.64. The van der Waals surface area contributed by atoms with Crippen LogP contribution in [-0.2, 0) is 13.1 Å². The quantitative estimate of drug-likeness (QED) is 0.716. The monoisotopic (exact) mass is 347 g/mol. The lowest BCUT2D eigenvalue weighted by Gasteiger charge is -2.10. The molecule has 3 aromatic rings. The Kier molecular flexibility index (Phi) is 4.99. The third-order valence-corrected chi connectivity index (χ3v) is 3.95. The van der Waals surface area contributed by atoms with Gasteiger partial charge in [0.1, 0.15) is 12.3 Å². The summed E-state index contributed by atoms with van der Waals surface area (Å²) in [6, 6.07) is 13.9. The highest BCUT2D eigenvalue weighted by atomic mass is 16.5. The summed E-state index contributed by atoms with van der Waals surface area (Å²) in [5, 5.41) is 8.35. The van der Waals surface area contributed by atoms with E-state index in [0.717, 1.165) is 0 Å². The molecule has 2 aromatic carbocycles. The summed E-state index contributed by atoms with van der Waals surface area (Å²) < 4.78 is 6.32. The maximum absolute atomic E-state index is 12.4. The first kappa shape index (κ1) is 17.2. The minimum atomic E-state index is -0.246. The van der Waals surface area contributed by atoms with Crippen LogP contribution in [0.4, 0.5) is 0 Å². The summed E-state index contributed by atoms with van der Waals surface area (Å²) in [7, 11) is 1.57. The highest BCUT2D eigenvalue weighted by Gasteiger charge is 2.12. The van der Waals surface area contributed by atoms with Gasteiger partial charge in [0.2, 0.25) is 0 Å². The van der Waals surface area contributed by atoms with Gasteiger partial charge in [-0.2, -0.15) is 5.10 Å². The Balaban J connectivity index is 1.88. The Morgan fingerprint density at radius 2 is 1.88 bits per heavy atom. The molecule has 0 bridgehead atoms. The van der Waals surface area contributed by atoms with Crippen molar-refractivity contribution in [1.29, 1.82) is 0 Å². The number of hydrogen-bond acceptors (Lipinski definition) is 4. The van der Waals surface area contributed by atoms with Gasteiger partial charge in [0.15, 0.2) is 0 Å². The molecule has 0 fully saturated rings. The molecule has 1 amide bonds. The molecule has 0 spiro atoms. The van der Waals surface area contributed by atoms with Crippen molar-refractivity contribution in [3.05, 3.63) is 70.1 Å². The van der Waals surface area contributed by atoms with Gasteiger partial charge in [-0.05, 0) is 30.3 Å². The van der Waals surface area contributed by atoms with Crippen LogP contribution in [0.2, 0.25) is 0 Å². The van der Waals surface area contributed by atoms with E-state index in [1.165, 1.54) is 4.68 Å². The molecule has 1 N–H and O–H groups in total. The van der Waals surface area contributed by atoms with Crippen molar-refractivity contribution in [3.63, 3.8) is 0 Å². The van der Waals surface area contributed by atoms with Crippen molar-refractivity contribution < 1.29 is 9.53 Å². The standard InChI is InChI=1S/C20H17N3O3/c1-3-12-23-20(25)17-7-5-4-6-16(17)18(22-23)13-21-19(24)14-8-10-15(26-2)11-9-14/h1,4-11H,12-13H2,2H3,(H,21,24). The van der Waals surface area contributed by atoms with E-state index in [1.54, 1.807) is 49.6 Å². The summed E-state index contributed by atoms with van der Waals surface area (Å²) in [6.07, 6.45) is 5.32. The summed E-state index contributed by atoms with van der Waals surface area (Å²) in [4.78, 5) is 24.7. The number of benzene rings is 2. The number of amides is 1. The Labute approximate surface area is 150 Å². The number of ether oxygens (including phenoxy) is 1. The molecule has 0 atom stereocenters. The van der Waals surface area contributed by atoms with Crippen LogP contribution in [0.5, 0.6) is 5.75 Å². The predicted octanol–water partition coefficient (Wildman–Crippen LogP) is 1.97. The van der Waals surface area contributed by atoms with Gasteiger partial charge in [0.25, 0.3) is 11.5 Å². The number of rotatable bonds is 5. The zero-order valence-electron chi connectivity index (χ0n) is 14.2. The summed E-state index contributed by atoms with van der Waals surface area (Å²) in [6.45, 7) is 0.249. The van der Waals surface area contributed by atoms with Gasteiger partial charge in [0, 0.05) is 10.9 Å². The Bertz CT molecular complexity index is 1050. The number of fused-ring (bicyclic) bond motifs is 1. The van der Waals surface area contributed by atoms with Crippen molar-refractivity contribution in [2.24, 2.45) is 0 Å². The van der Waals surface area contributed by atoms with Crippen LogP contribution in [0.25, 0.3) is 10.8 Å². The van der Waals surface area contributed by atoms with Crippen molar-refractivity contribution in [1.82, 2.24) is 15.1 Å². The molecule has 0 aliphatic heterocycles. The zero-order chi connectivity index (χ0) is 18.5. The van der Waals surface area contributed by atoms with Gasteiger partial charge in [-0.3, -0.25) is 9.59 Å². The van der Waals surface area contributed by atoms with E-state index in [-0.39, 0.29) is 24.6 Å². The molecular weight excluding hydrogens is 330 g/mol. The van der Waals surface area contributed by atoms with Crippen LogP contribution in [-0.4, -0.2) is 22.8 Å². The van der Waals surface area contributed by atoms with Gasteiger partial charge < -0.3 is 10.1 Å². The molecule has 6 heteroatoms. The Morgan fingerprint density at radius 3 is 2.54 bits per heavy atom. The summed E-state index contributed by atoms with van der Waals surface area (Å²) >= 11 is 0. The van der Waals surface area contributed by atoms with E-state index >= 15 is 0 Å². The molecule has 0 saturated heterocycles. The molecule has 1 heterocycles. The second-order valence-corrected chi connectivity index (χ2v) is 5.57. The van der Waals surface area contributed by atoms with Crippen molar-refractivity contribution >= 4 is 16.7 Å². The van der Waals surface area contributed by atoms with Crippen LogP contribution in [0.15, 0.2) is 53.3 Å². The number of hydrogen-bond donors (Lipinski definition) is 1. The fraction of sp³-hybridized carbons (Fsp3) is 0.150. The van der Waals surface area contributed by atoms with Crippen LogP contribution < -0.4 is 15.6 Å². The van der Waals surface area contributed by atoms with E-state index in [1.807, 2.05) is 6.07 Å². The topological polar surface area (TPSA) is 73.2 Å². The number of aromatic nitrogens is 2. The molecule has 6 nitrogen and oxygen atoms in total. The average molecular weight is 347 g/mol. The highest BCUT2D eigenvalue weighted by Crippen LogP contribution is 2.14. The third-order valence-electron chi connectivity index (χ3n) is 3.95. The lowest BCUT2D eigenvalue weighted by atomic mass is 10.1. The molecule has 0 radical (unpaired) electrons. The van der Waals surface area contributed by atoms with E-state index in [9.17, 15) is 9.59 Å². The van der Waals surface area contributed by atoms with Gasteiger partial charge in [0.05, 0.1) is 24.7 Å². The number of nitrogens with zero attached hydrogens (tertiary/aromatic N) is 2. The second-order valence-electron chi connectivity index (χ2n) is 5.57. The van der Waals surface area contributed by atoms with E-state index < -0.39 is 0 Å². The van der Waals surface area contributed by atoms with Crippen LogP contribution in [0.3, 0.4) is 0 Å². The third kappa shape index (κ3) is 3.42. The highest BCUT2D eigenvalue weighted by molar-refractivity contribution is 5.94. The van der Waals surface area contributed by atoms with Crippen LogP contribution in [0.1, 0.15) is 16.1 Å². The molecule has 130 valence electrons. The van der Waals surface area contributed by atoms with Crippen LogP contribution in [0, 0.1) is 12.3 Å². The van der Waals surface area contributed by atoms with Crippen molar-refractivity contribution in [2.45, 2.75) is 13.1 Å². The normalized spacial score (nSPS) is 10.3. The maximum atomic E-state index is 12.4. The lowest BCUT2D eigenvalue weighted by Crippen LogP contribution is -2.28. The molecule has 0 aliphatic carbocycles. The molecule has 0 saturated carbocycles. The fourth-order valence-corrected chi connectivity index (χ4v) is 2.64. The van der Waals surface area contributed by atoms with E-state index in [2.05, 4.69) is 16.3 Å². The van der Waals surface area contributed by atoms with Crippen LogP contribution >= 0.6 is 0 Å². The number of terminal acetylenes is 1. The smallest absolute Gasteiger partial charge is 0.275 e. The second kappa shape index (κ2) is 7.53. The number of carbonyl (C=O) groups excluding carboxylic acids is 1. The minimum absolute atomic E-state index is 0.0725. The largest absolute Gasteiger partial charge is 0.497 e. The molecule has 26 heavy (non-hydrogen) atoms. The maximum Gasteiger partial charge on any atom is 0.275 e. The van der Waals surface area contributed by atoms with Gasteiger partial charge in [-0.25, -0.2) is 4.68 Å². The molecule has 1 aromatic heterocycles. The minimum Gasteiger partial charge on any atom is -0.497 e. The van der Waals surface area contributed by atoms with Gasteiger partial charge in [-0.15, -0.1) is 6.42 Å². The SMILES string of the molecule is C#CCn1nc(CNC(=O)c2ccc(OC)cc2)c2ccccc2c1=O. The predicted molar refractivity (Wildman–Crippen MR) is 99.0 cm³/mol. The average Bonchev–Trinajstić information content (AvgIpc) is 2.69. The van der Waals surface area contributed by atoms with Crippen molar-refractivity contribution in [2.75, 3.05) is 7.11 Å². The molecular formula is C20H17N3O3. The number of methoxy groups -OCH3 is 1. The Morgan fingerprint density at radius 1 is 1.19 bits per heavy atom. The first-order valence-electron chi connectivity index (χ1n) is 7.98. The molecule has 3 rings (SSSR count).